The minimum absolute atomic E-state index is 0.00137. The molecule has 3 amide bonds. The van der Waals surface area contributed by atoms with E-state index in [-0.39, 0.29) is 41.5 Å². The van der Waals surface area contributed by atoms with Crippen LogP contribution in [0.25, 0.3) is 0 Å². The molecule has 7 nitrogen and oxygen atoms in total. The number of hydrogen-bond donors (Lipinski definition) is 3. The Bertz CT molecular complexity index is 472. The van der Waals surface area contributed by atoms with E-state index in [0.29, 0.717) is 26.2 Å². The normalized spacial score (nSPS) is 13.7. The van der Waals surface area contributed by atoms with Crippen LogP contribution in [0.15, 0.2) is 0 Å². The molecule has 0 aromatic heterocycles. The van der Waals surface area contributed by atoms with E-state index in [2.05, 4.69) is 20.9 Å². The first kappa shape index (κ1) is 26.4. The zero-order chi connectivity index (χ0) is 21.9. The van der Waals surface area contributed by atoms with E-state index in [0.717, 1.165) is 6.42 Å². The average Bonchev–Trinajstić information content (AvgIpc) is 2.60. The number of carbonyl (C=O) groups is 3. The Labute approximate surface area is 172 Å². The van der Waals surface area contributed by atoms with Gasteiger partial charge in [-0.25, -0.2) is 0 Å². The highest BCUT2D eigenvalue weighted by Crippen LogP contribution is 2.08. The van der Waals surface area contributed by atoms with Gasteiger partial charge < -0.3 is 16.0 Å². The van der Waals surface area contributed by atoms with Crippen LogP contribution in [0, 0.1) is 17.8 Å². The molecule has 0 rings (SSSR count). The minimum atomic E-state index is -0.526. The zero-order valence-corrected chi connectivity index (χ0v) is 18.7. The van der Waals surface area contributed by atoms with E-state index in [4.69, 9.17) is 7.85 Å². The van der Waals surface area contributed by atoms with Crippen LogP contribution < -0.4 is 16.0 Å². The van der Waals surface area contributed by atoms with Gasteiger partial charge in [-0.15, -0.1) is 0 Å². The minimum Gasteiger partial charge on any atom is -0.360 e. The fraction of sp³-hybridized carbons (Fsp3) is 0.850. The monoisotopic (exact) mass is 394 g/mol. The number of nitrogens with zero attached hydrogens (tertiary/aromatic N) is 1. The maximum atomic E-state index is 12.0. The molecule has 0 saturated carbocycles. The molecule has 160 valence electrons. The smallest absolute Gasteiger partial charge is 0.222 e. The Hall–Kier alpha value is -1.57. The van der Waals surface area contributed by atoms with Gasteiger partial charge >= 0.3 is 0 Å². The summed E-state index contributed by atoms with van der Waals surface area (Å²) in [6.45, 7) is 15.2. The highest BCUT2D eigenvalue weighted by molar-refractivity contribution is 6.13. The summed E-state index contributed by atoms with van der Waals surface area (Å²) < 4.78 is 0. The number of amides is 3. The Balaban J connectivity index is 4.99. The number of hydrogen-bond acceptors (Lipinski definition) is 4. The standard InChI is InChI=1S/C20H39BN4O3/c1-8-16(17(21)24-20(28)15(6)7)25(11-9-22-18(26)13(2)3)12-10-23-19(27)14(4)5/h13-17H,8-12H2,1-7H3,(H,22,26)(H,23,27)(H,24,28). The lowest BCUT2D eigenvalue weighted by molar-refractivity contribution is -0.124. The van der Waals surface area contributed by atoms with Crippen LogP contribution in [-0.2, 0) is 14.4 Å². The first-order valence-electron chi connectivity index (χ1n) is 10.4. The fourth-order valence-corrected chi connectivity index (χ4v) is 2.66. The molecule has 0 aromatic carbocycles. The van der Waals surface area contributed by atoms with Gasteiger partial charge in [-0.3, -0.25) is 19.3 Å². The molecule has 0 heterocycles. The fourth-order valence-electron chi connectivity index (χ4n) is 2.66. The van der Waals surface area contributed by atoms with Gasteiger partial charge in [0.15, 0.2) is 0 Å². The van der Waals surface area contributed by atoms with Crippen molar-refractivity contribution in [1.29, 1.82) is 0 Å². The van der Waals surface area contributed by atoms with E-state index >= 15 is 0 Å². The molecule has 0 bridgehead atoms. The van der Waals surface area contributed by atoms with Crippen molar-refractivity contribution in [3.05, 3.63) is 0 Å². The largest absolute Gasteiger partial charge is 0.360 e. The van der Waals surface area contributed by atoms with Gasteiger partial charge in [0.2, 0.25) is 17.7 Å². The summed E-state index contributed by atoms with van der Waals surface area (Å²) in [4.78, 5) is 37.8. The third kappa shape index (κ3) is 10.1. The molecule has 0 aromatic rings. The predicted molar refractivity (Wildman–Crippen MR) is 114 cm³/mol. The van der Waals surface area contributed by atoms with E-state index in [1.807, 2.05) is 48.5 Å². The van der Waals surface area contributed by atoms with Crippen LogP contribution in [0.5, 0.6) is 0 Å². The van der Waals surface area contributed by atoms with Crippen molar-refractivity contribution in [3.63, 3.8) is 0 Å². The molecule has 0 spiro atoms. The third-order valence-corrected chi connectivity index (χ3v) is 4.58. The molecule has 0 fully saturated rings. The van der Waals surface area contributed by atoms with E-state index in [1.165, 1.54) is 0 Å². The van der Waals surface area contributed by atoms with Gasteiger partial charge in [-0.1, -0.05) is 48.5 Å². The number of carbonyl (C=O) groups excluding carboxylic acids is 3. The van der Waals surface area contributed by atoms with Crippen LogP contribution in [0.2, 0.25) is 0 Å². The first-order valence-corrected chi connectivity index (χ1v) is 10.4. The topological polar surface area (TPSA) is 90.5 Å². The Morgan fingerprint density at radius 1 is 0.786 bits per heavy atom. The Morgan fingerprint density at radius 3 is 1.50 bits per heavy atom. The summed E-state index contributed by atoms with van der Waals surface area (Å²) >= 11 is 0. The van der Waals surface area contributed by atoms with Gasteiger partial charge in [0.1, 0.15) is 7.85 Å². The summed E-state index contributed by atoms with van der Waals surface area (Å²) in [5.74, 6) is -0.917. The molecule has 0 aliphatic rings. The second-order valence-corrected chi connectivity index (χ2v) is 8.09. The quantitative estimate of drug-likeness (QED) is 0.405. The summed E-state index contributed by atoms with van der Waals surface area (Å²) in [5, 5.41) is 8.69. The second-order valence-electron chi connectivity index (χ2n) is 8.09. The van der Waals surface area contributed by atoms with Crippen LogP contribution in [0.4, 0.5) is 0 Å². The molecule has 2 radical (unpaired) electrons. The molecule has 3 N–H and O–H groups in total. The van der Waals surface area contributed by atoms with Gasteiger partial charge in [0.05, 0.1) is 0 Å². The van der Waals surface area contributed by atoms with Crippen LogP contribution >= 0.6 is 0 Å². The maximum absolute atomic E-state index is 12.0. The molecular formula is C20H39BN4O3. The number of rotatable bonds is 13. The van der Waals surface area contributed by atoms with Crippen molar-refractivity contribution in [2.45, 2.75) is 66.9 Å². The maximum Gasteiger partial charge on any atom is 0.222 e. The Kier molecular flexibility index (Phi) is 12.8. The molecule has 2 atom stereocenters. The van der Waals surface area contributed by atoms with E-state index in [1.54, 1.807) is 0 Å². The molecular weight excluding hydrogens is 355 g/mol. The van der Waals surface area contributed by atoms with Crippen molar-refractivity contribution in [1.82, 2.24) is 20.9 Å². The van der Waals surface area contributed by atoms with Crippen LogP contribution in [-0.4, -0.2) is 68.6 Å². The van der Waals surface area contributed by atoms with Gasteiger partial charge in [-0.05, 0) is 6.42 Å². The second kappa shape index (κ2) is 13.6. The zero-order valence-electron chi connectivity index (χ0n) is 18.7. The molecule has 0 aliphatic carbocycles. The van der Waals surface area contributed by atoms with E-state index < -0.39 is 5.94 Å². The highest BCUT2D eigenvalue weighted by atomic mass is 16.2. The van der Waals surface area contributed by atoms with Crippen molar-refractivity contribution < 1.29 is 14.4 Å². The predicted octanol–water partition coefficient (Wildman–Crippen LogP) is 0.878. The number of nitrogens with one attached hydrogen (secondary N) is 3. The van der Waals surface area contributed by atoms with Gasteiger partial charge in [-0.2, -0.15) is 0 Å². The molecule has 2 unspecified atom stereocenters. The van der Waals surface area contributed by atoms with Gasteiger partial charge in [0, 0.05) is 55.9 Å². The van der Waals surface area contributed by atoms with Crippen molar-refractivity contribution in [3.8, 4) is 0 Å². The summed E-state index contributed by atoms with van der Waals surface area (Å²) in [7, 11) is 6.28. The van der Waals surface area contributed by atoms with E-state index in [9.17, 15) is 14.4 Å². The summed E-state index contributed by atoms with van der Waals surface area (Å²) in [6, 6.07) is -0.102. The Morgan fingerprint density at radius 2 is 1.18 bits per heavy atom. The van der Waals surface area contributed by atoms with Crippen molar-refractivity contribution >= 4 is 25.6 Å². The molecule has 0 saturated heterocycles. The summed E-state index contributed by atoms with van der Waals surface area (Å²) in [6.07, 6.45) is 0.732. The third-order valence-electron chi connectivity index (χ3n) is 4.58. The first-order chi connectivity index (χ1) is 13.0. The molecule has 0 aliphatic heterocycles. The van der Waals surface area contributed by atoms with Crippen molar-refractivity contribution in [2.24, 2.45) is 17.8 Å². The molecule has 8 heteroatoms. The van der Waals surface area contributed by atoms with Crippen molar-refractivity contribution in [2.75, 3.05) is 26.2 Å². The summed E-state index contributed by atoms with van der Waals surface area (Å²) in [5.41, 5.74) is 0. The van der Waals surface area contributed by atoms with Crippen LogP contribution in [0.1, 0.15) is 54.9 Å². The van der Waals surface area contributed by atoms with Crippen LogP contribution in [0.3, 0.4) is 0 Å². The lowest BCUT2D eigenvalue weighted by Crippen LogP contribution is -2.55. The lowest BCUT2D eigenvalue weighted by Gasteiger charge is -2.36. The van der Waals surface area contributed by atoms with Gasteiger partial charge in [0.25, 0.3) is 0 Å². The average molecular weight is 394 g/mol. The lowest BCUT2D eigenvalue weighted by atomic mass is 9.85. The highest BCUT2D eigenvalue weighted by Gasteiger charge is 2.24. The molecule has 28 heavy (non-hydrogen) atoms. The SMILES string of the molecule is [B]C(NC(=O)C(C)C)C(CC)N(CCNC(=O)C(C)C)CCNC(=O)C(C)C.